The lowest BCUT2D eigenvalue weighted by molar-refractivity contribution is 0.281. The van der Waals surface area contributed by atoms with Gasteiger partial charge in [-0.2, -0.15) is 0 Å². The first-order valence-electron chi connectivity index (χ1n) is 10.6. The van der Waals surface area contributed by atoms with E-state index in [4.69, 9.17) is 0 Å². The third-order valence-corrected chi connectivity index (χ3v) is 6.64. The Bertz CT molecular complexity index is 1320. The molecule has 0 aromatic heterocycles. The first kappa shape index (κ1) is 23.8. The Labute approximate surface area is 198 Å². The van der Waals surface area contributed by atoms with Gasteiger partial charge < -0.3 is 19.9 Å². The summed E-state index contributed by atoms with van der Waals surface area (Å²) in [7, 11) is -4.88. The normalized spacial score (nSPS) is 11.5. The molecule has 0 fully saturated rings. The molecule has 34 heavy (non-hydrogen) atoms. The summed E-state index contributed by atoms with van der Waals surface area (Å²) < 4.78 is 37.6. The first-order valence-corrected chi connectivity index (χ1v) is 12.0. The van der Waals surface area contributed by atoms with Crippen molar-refractivity contribution in [3.05, 3.63) is 102 Å². The Morgan fingerprint density at radius 1 is 0.529 bits per heavy atom. The van der Waals surface area contributed by atoms with Crippen LogP contribution in [0.3, 0.4) is 0 Å². The molecular weight excluding hydrogens is 452 g/mol. The topological polar surface area (TPSA) is 118 Å². The largest absolute Gasteiger partial charge is 0.744 e. The number of hydrogen-bond donors (Lipinski definition) is 3. The smallest absolute Gasteiger partial charge is 0.125 e. The lowest BCUT2D eigenvalue weighted by atomic mass is 9.92. The van der Waals surface area contributed by atoms with E-state index in [1.807, 2.05) is 12.1 Å². The molecule has 6 nitrogen and oxygen atoms in total. The Kier molecular flexibility index (Phi) is 6.92. The lowest BCUT2D eigenvalue weighted by Crippen LogP contribution is -2.05. The zero-order valence-corrected chi connectivity index (χ0v) is 19.0. The molecule has 0 aliphatic carbocycles. The van der Waals surface area contributed by atoms with Gasteiger partial charge in [0.1, 0.15) is 10.1 Å². The van der Waals surface area contributed by atoms with Crippen LogP contribution in [0.25, 0.3) is 33.4 Å². The van der Waals surface area contributed by atoms with Crippen LogP contribution in [0.5, 0.6) is 0 Å². The van der Waals surface area contributed by atoms with Crippen LogP contribution in [0.2, 0.25) is 0 Å². The molecule has 0 spiro atoms. The molecule has 0 unspecified atom stereocenters. The molecule has 0 saturated carbocycles. The minimum absolute atomic E-state index is 0.0987. The summed E-state index contributed by atoms with van der Waals surface area (Å²) in [5.41, 5.74) is 5.09. The number of aliphatic hydroxyl groups is 3. The summed E-state index contributed by atoms with van der Waals surface area (Å²) >= 11 is 0. The van der Waals surface area contributed by atoms with Crippen LogP contribution in [0.15, 0.2) is 89.8 Å². The SMILES string of the molecule is O=S(=O)([O-])c1c(-c2ccc(CO)cc2)cc(-c2ccc(CO)cc2)cc1-c1ccc(CO)cc1. The highest BCUT2D eigenvalue weighted by Crippen LogP contribution is 2.40. The van der Waals surface area contributed by atoms with E-state index in [0.717, 1.165) is 11.1 Å². The van der Waals surface area contributed by atoms with E-state index in [1.54, 1.807) is 72.8 Å². The van der Waals surface area contributed by atoms with Crippen LogP contribution < -0.4 is 0 Å². The van der Waals surface area contributed by atoms with Gasteiger partial charge in [0.15, 0.2) is 0 Å². The summed E-state index contributed by atoms with van der Waals surface area (Å²) in [5, 5.41) is 28.1. The standard InChI is InChI=1S/C27H24O6S/c28-15-18-1-7-21(8-2-18)24-13-25(22-9-3-19(16-29)4-10-22)27(34(31,32)33)26(14-24)23-11-5-20(17-30)6-12-23/h1-14,28-30H,15-17H2,(H,31,32,33)/p-1. The Morgan fingerprint density at radius 2 is 0.853 bits per heavy atom. The van der Waals surface area contributed by atoms with Crippen molar-refractivity contribution in [2.75, 3.05) is 0 Å². The Morgan fingerprint density at radius 3 is 1.15 bits per heavy atom. The molecule has 3 N–H and O–H groups in total. The molecule has 0 radical (unpaired) electrons. The second kappa shape index (κ2) is 9.89. The second-order valence-electron chi connectivity index (χ2n) is 7.92. The van der Waals surface area contributed by atoms with Crippen LogP contribution in [0.1, 0.15) is 16.7 Å². The van der Waals surface area contributed by atoms with Crippen LogP contribution in [-0.4, -0.2) is 28.3 Å². The van der Waals surface area contributed by atoms with E-state index in [0.29, 0.717) is 27.8 Å². The van der Waals surface area contributed by atoms with E-state index in [1.165, 1.54) is 0 Å². The van der Waals surface area contributed by atoms with Crippen LogP contribution in [-0.2, 0) is 29.9 Å². The van der Waals surface area contributed by atoms with E-state index in [9.17, 15) is 28.3 Å². The Hall–Kier alpha value is -3.33. The fraction of sp³-hybridized carbons (Fsp3) is 0.111. The molecule has 4 rings (SSSR count). The predicted octanol–water partition coefficient (Wildman–Crippen LogP) is 4.07. The van der Waals surface area contributed by atoms with Crippen molar-refractivity contribution in [1.82, 2.24) is 0 Å². The molecule has 0 atom stereocenters. The molecule has 0 aliphatic heterocycles. The summed E-state index contributed by atoms with van der Waals surface area (Å²) in [6, 6.07) is 23.9. The average molecular weight is 476 g/mol. The number of benzene rings is 4. The van der Waals surface area contributed by atoms with Crippen molar-refractivity contribution in [3.8, 4) is 33.4 Å². The molecule has 4 aromatic rings. The van der Waals surface area contributed by atoms with Crippen molar-refractivity contribution >= 4 is 10.1 Å². The molecule has 0 heterocycles. The van der Waals surface area contributed by atoms with Crippen molar-refractivity contribution in [1.29, 1.82) is 0 Å². The highest BCUT2D eigenvalue weighted by molar-refractivity contribution is 7.86. The van der Waals surface area contributed by atoms with Crippen LogP contribution in [0, 0.1) is 0 Å². The summed E-state index contributed by atoms with van der Waals surface area (Å²) in [4.78, 5) is -0.336. The minimum atomic E-state index is -4.88. The summed E-state index contributed by atoms with van der Waals surface area (Å²) in [6.07, 6.45) is 0. The fourth-order valence-electron chi connectivity index (χ4n) is 3.88. The van der Waals surface area contributed by atoms with Crippen LogP contribution >= 0.6 is 0 Å². The van der Waals surface area contributed by atoms with Gasteiger partial charge in [-0.3, -0.25) is 0 Å². The quantitative estimate of drug-likeness (QED) is 0.347. The molecule has 0 amide bonds. The van der Waals surface area contributed by atoms with Gasteiger partial charge in [-0.05, 0) is 51.1 Å². The summed E-state index contributed by atoms with van der Waals surface area (Å²) in [5.74, 6) is 0. The number of aliphatic hydroxyl groups excluding tert-OH is 3. The van der Waals surface area contributed by atoms with Gasteiger partial charge in [-0.15, -0.1) is 0 Å². The highest BCUT2D eigenvalue weighted by atomic mass is 32.2. The summed E-state index contributed by atoms with van der Waals surface area (Å²) in [6.45, 7) is -0.419. The molecule has 7 heteroatoms. The van der Waals surface area contributed by atoms with Gasteiger partial charge in [0, 0.05) is 11.1 Å². The maximum Gasteiger partial charge on any atom is 0.125 e. The van der Waals surface area contributed by atoms with E-state index < -0.39 is 10.1 Å². The van der Waals surface area contributed by atoms with Gasteiger partial charge in [0.05, 0.1) is 24.7 Å². The van der Waals surface area contributed by atoms with Gasteiger partial charge >= 0.3 is 0 Å². The third kappa shape index (κ3) is 4.94. The third-order valence-electron chi connectivity index (χ3n) is 5.70. The minimum Gasteiger partial charge on any atom is -0.744 e. The van der Waals surface area contributed by atoms with Crippen molar-refractivity contribution in [2.45, 2.75) is 24.7 Å². The molecule has 0 bridgehead atoms. The predicted molar refractivity (Wildman–Crippen MR) is 128 cm³/mol. The van der Waals surface area contributed by atoms with E-state index in [-0.39, 0.29) is 35.8 Å². The van der Waals surface area contributed by atoms with Crippen molar-refractivity contribution < 1.29 is 28.3 Å². The van der Waals surface area contributed by atoms with E-state index in [2.05, 4.69) is 0 Å². The van der Waals surface area contributed by atoms with Gasteiger partial charge in [-0.25, -0.2) is 8.42 Å². The van der Waals surface area contributed by atoms with Gasteiger partial charge in [0.2, 0.25) is 0 Å². The van der Waals surface area contributed by atoms with Gasteiger partial charge in [0.25, 0.3) is 0 Å². The molecular formula is C27H23O6S-. The van der Waals surface area contributed by atoms with Crippen LogP contribution in [0.4, 0.5) is 0 Å². The zero-order valence-electron chi connectivity index (χ0n) is 18.2. The fourth-order valence-corrected chi connectivity index (χ4v) is 4.77. The highest BCUT2D eigenvalue weighted by Gasteiger charge is 2.20. The molecule has 174 valence electrons. The monoisotopic (exact) mass is 475 g/mol. The maximum atomic E-state index is 12.5. The first-order chi connectivity index (χ1) is 16.3. The zero-order chi connectivity index (χ0) is 24.3. The lowest BCUT2D eigenvalue weighted by Gasteiger charge is -2.21. The van der Waals surface area contributed by atoms with Crippen molar-refractivity contribution in [3.63, 3.8) is 0 Å². The Balaban J connectivity index is 2.03. The molecule has 0 aliphatic rings. The number of rotatable bonds is 7. The van der Waals surface area contributed by atoms with E-state index >= 15 is 0 Å². The number of hydrogen-bond acceptors (Lipinski definition) is 6. The average Bonchev–Trinajstić information content (AvgIpc) is 2.87. The van der Waals surface area contributed by atoms with Crippen molar-refractivity contribution in [2.24, 2.45) is 0 Å². The molecule has 4 aromatic carbocycles. The molecule has 0 saturated heterocycles. The maximum absolute atomic E-state index is 12.5. The second-order valence-corrected chi connectivity index (χ2v) is 9.24. The van der Waals surface area contributed by atoms with Gasteiger partial charge in [-0.1, -0.05) is 72.8 Å².